The maximum atomic E-state index is 5.61. The summed E-state index contributed by atoms with van der Waals surface area (Å²) in [4.78, 5) is 13.3. The molecule has 31 heavy (non-hydrogen) atoms. The zero-order valence-corrected chi connectivity index (χ0v) is 17.4. The fourth-order valence-electron chi connectivity index (χ4n) is 3.61. The number of anilines is 2. The van der Waals surface area contributed by atoms with Crippen LogP contribution in [0.4, 0.5) is 11.5 Å². The highest BCUT2D eigenvalue weighted by molar-refractivity contribution is 5.78. The van der Waals surface area contributed by atoms with E-state index in [4.69, 9.17) is 4.74 Å². The number of fused-ring (bicyclic) bond motifs is 1. The summed E-state index contributed by atoms with van der Waals surface area (Å²) < 4.78 is 9.68. The summed E-state index contributed by atoms with van der Waals surface area (Å²) >= 11 is 0. The van der Waals surface area contributed by atoms with Crippen LogP contribution in [0.5, 0.6) is 5.75 Å². The first-order valence-electron chi connectivity index (χ1n) is 10.0. The van der Waals surface area contributed by atoms with Crippen molar-refractivity contribution in [1.82, 2.24) is 24.1 Å². The van der Waals surface area contributed by atoms with E-state index in [1.807, 2.05) is 66.5 Å². The number of hydrogen-bond donors (Lipinski definition) is 1. The van der Waals surface area contributed by atoms with Crippen molar-refractivity contribution >= 4 is 22.5 Å². The number of methoxy groups -OCH3 is 1. The van der Waals surface area contributed by atoms with Gasteiger partial charge in [0, 0.05) is 30.6 Å². The van der Waals surface area contributed by atoms with Gasteiger partial charge in [-0.05, 0) is 24.6 Å². The molecule has 0 bridgehead atoms. The van der Waals surface area contributed by atoms with Crippen LogP contribution in [-0.2, 0) is 6.54 Å². The van der Waals surface area contributed by atoms with Gasteiger partial charge in [-0.1, -0.05) is 30.3 Å². The minimum absolute atomic E-state index is 0.746. The summed E-state index contributed by atoms with van der Waals surface area (Å²) in [5, 5.41) is 3.38. The molecule has 7 nitrogen and oxygen atoms in total. The van der Waals surface area contributed by atoms with Crippen LogP contribution in [-0.4, -0.2) is 31.2 Å². The van der Waals surface area contributed by atoms with Crippen molar-refractivity contribution in [3.63, 3.8) is 0 Å². The van der Waals surface area contributed by atoms with E-state index in [1.165, 1.54) is 5.56 Å². The molecule has 5 rings (SSSR count). The molecule has 0 aliphatic carbocycles. The molecule has 7 heteroatoms. The SMILES string of the molecule is COc1cc(Nc2cc3c(cn2)ncn3Cc2ccccc2)ccc1-n1cnc(C)c1. The third kappa shape index (κ3) is 3.85. The molecular formula is C24H22N6O. The highest BCUT2D eigenvalue weighted by Gasteiger charge is 2.10. The predicted octanol–water partition coefficient (Wildman–Crippen LogP) is 4.73. The molecule has 5 aromatic rings. The average Bonchev–Trinajstić information content (AvgIpc) is 3.40. The molecule has 0 spiro atoms. The lowest BCUT2D eigenvalue weighted by molar-refractivity contribution is 0.413. The number of nitrogens with zero attached hydrogens (tertiary/aromatic N) is 5. The summed E-state index contributed by atoms with van der Waals surface area (Å²) in [6.45, 7) is 2.72. The number of aryl methyl sites for hydroxylation is 1. The summed E-state index contributed by atoms with van der Waals surface area (Å²) in [6.07, 6.45) is 7.39. The van der Waals surface area contributed by atoms with Crippen LogP contribution in [0, 0.1) is 6.92 Å². The van der Waals surface area contributed by atoms with E-state index in [0.29, 0.717) is 0 Å². The molecule has 0 aliphatic heterocycles. The molecule has 0 unspecified atom stereocenters. The number of imidazole rings is 2. The van der Waals surface area contributed by atoms with E-state index in [1.54, 1.807) is 19.6 Å². The van der Waals surface area contributed by atoms with Crippen LogP contribution in [0.1, 0.15) is 11.3 Å². The second kappa shape index (κ2) is 7.95. The summed E-state index contributed by atoms with van der Waals surface area (Å²) in [5.74, 6) is 1.49. The lowest BCUT2D eigenvalue weighted by Gasteiger charge is -2.12. The fourth-order valence-corrected chi connectivity index (χ4v) is 3.61. The van der Waals surface area contributed by atoms with Crippen LogP contribution < -0.4 is 10.1 Å². The molecule has 0 amide bonds. The third-order valence-corrected chi connectivity index (χ3v) is 5.15. The number of ether oxygens (including phenoxy) is 1. The first-order valence-corrected chi connectivity index (χ1v) is 10.0. The number of hydrogen-bond acceptors (Lipinski definition) is 5. The van der Waals surface area contributed by atoms with Gasteiger partial charge in [0.2, 0.25) is 0 Å². The molecule has 1 N–H and O–H groups in total. The van der Waals surface area contributed by atoms with Crippen molar-refractivity contribution < 1.29 is 4.74 Å². The van der Waals surface area contributed by atoms with Gasteiger partial charge in [0.15, 0.2) is 0 Å². The molecule has 154 valence electrons. The number of nitrogens with one attached hydrogen (secondary N) is 1. The van der Waals surface area contributed by atoms with Gasteiger partial charge in [-0.15, -0.1) is 0 Å². The van der Waals surface area contributed by atoms with Crippen molar-refractivity contribution in [2.75, 3.05) is 12.4 Å². The summed E-state index contributed by atoms with van der Waals surface area (Å²) in [7, 11) is 1.67. The Hall–Kier alpha value is -4.13. The maximum absolute atomic E-state index is 5.61. The number of rotatable bonds is 6. The normalized spacial score (nSPS) is 11.0. The lowest BCUT2D eigenvalue weighted by atomic mass is 10.2. The monoisotopic (exact) mass is 410 g/mol. The Labute approximate surface area is 180 Å². The van der Waals surface area contributed by atoms with Crippen molar-refractivity contribution in [1.29, 1.82) is 0 Å². The molecule has 3 heterocycles. The molecule has 3 aromatic heterocycles. The Kier molecular flexibility index (Phi) is 4.84. The van der Waals surface area contributed by atoms with Gasteiger partial charge in [-0.3, -0.25) is 0 Å². The minimum atomic E-state index is 0.746. The van der Waals surface area contributed by atoms with Crippen LogP contribution in [0.15, 0.2) is 79.6 Å². The van der Waals surface area contributed by atoms with Crippen LogP contribution in [0.3, 0.4) is 0 Å². The second-order valence-corrected chi connectivity index (χ2v) is 7.35. The Morgan fingerprint density at radius 2 is 1.84 bits per heavy atom. The largest absolute Gasteiger partial charge is 0.494 e. The van der Waals surface area contributed by atoms with Gasteiger partial charge in [0.25, 0.3) is 0 Å². The number of pyridine rings is 1. The highest BCUT2D eigenvalue weighted by Crippen LogP contribution is 2.29. The molecular weight excluding hydrogens is 388 g/mol. The average molecular weight is 410 g/mol. The van der Waals surface area contributed by atoms with E-state index in [0.717, 1.165) is 46.2 Å². The van der Waals surface area contributed by atoms with Gasteiger partial charge in [-0.25, -0.2) is 15.0 Å². The van der Waals surface area contributed by atoms with E-state index in [-0.39, 0.29) is 0 Å². The smallest absolute Gasteiger partial charge is 0.144 e. The predicted molar refractivity (Wildman–Crippen MR) is 121 cm³/mol. The zero-order chi connectivity index (χ0) is 21.2. The zero-order valence-electron chi connectivity index (χ0n) is 17.4. The highest BCUT2D eigenvalue weighted by atomic mass is 16.5. The van der Waals surface area contributed by atoms with E-state index in [9.17, 15) is 0 Å². The molecule has 2 aromatic carbocycles. The number of aromatic nitrogens is 5. The molecule has 0 radical (unpaired) electrons. The van der Waals surface area contributed by atoms with Crippen LogP contribution in [0.2, 0.25) is 0 Å². The van der Waals surface area contributed by atoms with Gasteiger partial charge in [-0.2, -0.15) is 0 Å². The van der Waals surface area contributed by atoms with E-state index in [2.05, 4.69) is 37.0 Å². The molecule has 0 atom stereocenters. The van der Waals surface area contributed by atoms with E-state index >= 15 is 0 Å². The third-order valence-electron chi connectivity index (χ3n) is 5.15. The molecule has 0 aliphatic rings. The maximum Gasteiger partial charge on any atom is 0.144 e. The Morgan fingerprint density at radius 1 is 0.968 bits per heavy atom. The molecule has 0 fully saturated rings. The van der Waals surface area contributed by atoms with Crippen LogP contribution >= 0.6 is 0 Å². The lowest BCUT2D eigenvalue weighted by Crippen LogP contribution is -2.00. The van der Waals surface area contributed by atoms with Crippen molar-refractivity contribution in [3.05, 3.63) is 90.9 Å². The van der Waals surface area contributed by atoms with Gasteiger partial charge < -0.3 is 19.2 Å². The summed E-state index contributed by atoms with van der Waals surface area (Å²) in [6, 6.07) is 18.3. The topological polar surface area (TPSA) is 69.8 Å². The van der Waals surface area contributed by atoms with Gasteiger partial charge in [0.1, 0.15) is 17.1 Å². The second-order valence-electron chi connectivity index (χ2n) is 7.35. The van der Waals surface area contributed by atoms with Crippen LogP contribution in [0.25, 0.3) is 16.7 Å². The first-order chi connectivity index (χ1) is 15.2. The molecule has 0 saturated carbocycles. The minimum Gasteiger partial charge on any atom is -0.494 e. The molecule has 0 saturated heterocycles. The number of benzene rings is 2. The van der Waals surface area contributed by atoms with Gasteiger partial charge in [0.05, 0.1) is 42.9 Å². The Bertz CT molecular complexity index is 1340. The Balaban J connectivity index is 1.43. The fraction of sp³-hybridized carbons (Fsp3) is 0.125. The van der Waals surface area contributed by atoms with E-state index < -0.39 is 0 Å². The van der Waals surface area contributed by atoms with Crippen molar-refractivity contribution in [3.8, 4) is 11.4 Å². The van der Waals surface area contributed by atoms with Crippen molar-refractivity contribution in [2.45, 2.75) is 13.5 Å². The quantitative estimate of drug-likeness (QED) is 0.438. The summed E-state index contributed by atoms with van der Waals surface area (Å²) in [5.41, 5.74) is 5.89. The van der Waals surface area contributed by atoms with Gasteiger partial charge >= 0.3 is 0 Å². The standard InChI is InChI=1S/C24H22N6O/c1-17-13-29(15-26-17)21-9-8-19(10-23(21)31-2)28-24-11-22-20(12-25-24)27-16-30(22)14-18-6-4-3-5-7-18/h3-13,15-16H,14H2,1-2H3,(H,25,28). The Morgan fingerprint density at radius 3 is 2.61 bits per heavy atom. The first kappa shape index (κ1) is 18.9. The van der Waals surface area contributed by atoms with Crippen molar-refractivity contribution in [2.24, 2.45) is 0 Å².